The van der Waals surface area contributed by atoms with E-state index in [2.05, 4.69) is 43.1 Å². The van der Waals surface area contributed by atoms with Gasteiger partial charge in [0.05, 0.1) is 18.0 Å². The summed E-state index contributed by atoms with van der Waals surface area (Å²) in [7, 11) is 0. The zero-order chi connectivity index (χ0) is 19.5. The van der Waals surface area contributed by atoms with Crippen molar-refractivity contribution in [3.63, 3.8) is 0 Å². The molecule has 4 aromatic rings. The molecule has 0 aliphatic rings. The van der Waals surface area contributed by atoms with E-state index in [0.717, 1.165) is 52.5 Å². The zero-order valence-corrected chi connectivity index (χ0v) is 16.6. The highest BCUT2D eigenvalue weighted by molar-refractivity contribution is 5.81. The summed E-state index contributed by atoms with van der Waals surface area (Å²) in [6, 6.07) is 20.5. The second kappa shape index (κ2) is 7.85. The van der Waals surface area contributed by atoms with Gasteiger partial charge in [0.15, 0.2) is 5.65 Å². The van der Waals surface area contributed by atoms with Crippen molar-refractivity contribution in [1.29, 1.82) is 0 Å². The van der Waals surface area contributed by atoms with E-state index in [9.17, 15) is 0 Å². The zero-order valence-electron chi connectivity index (χ0n) is 16.6. The Morgan fingerprint density at radius 2 is 1.68 bits per heavy atom. The lowest BCUT2D eigenvalue weighted by molar-refractivity contribution is 0.289. The van der Waals surface area contributed by atoms with Crippen LogP contribution in [0.15, 0.2) is 66.9 Å². The first-order chi connectivity index (χ1) is 13.6. The average molecular weight is 371 g/mol. The van der Waals surface area contributed by atoms with Crippen molar-refractivity contribution in [3.8, 4) is 28.1 Å². The summed E-state index contributed by atoms with van der Waals surface area (Å²) in [4.78, 5) is 4.61. The van der Waals surface area contributed by atoms with Gasteiger partial charge < -0.3 is 4.74 Å². The molecule has 0 spiro atoms. The second-order valence-electron chi connectivity index (χ2n) is 7.45. The predicted octanol–water partition coefficient (Wildman–Crippen LogP) is 5.80. The molecular formula is C24H25N3O. The molecule has 0 saturated heterocycles. The van der Waals surface area contributed by atoms with Crippen molar-refractivity contribution < 1.29 is 4.74 Å². The van der Waals surface area contributed by atoms with E-state index in [1.165, 1.54) is 0 Å². The highest BCUT2D eigenvalue weighted by Crippen LogP contribution is 2.30. The fourth-order valence-corrected chi connectivity index (χ4v) is 3.35. The molecular weight excluding hydrogens is 346 g/mol. The Labute approximate surface area is 165 Å². The number of hydrogen-bond acceptors (Lipinski definition) is 3. The number of nitrogens with zero attached hydrogens (tertiary/aromatic N) is 3. The highest BCUT2D eigenvalue weighted by atomic mass is 16.5. The normalized spacial score (nSPS) is 11.3. The summed E-state index contributed by atoms with van der Waals surface area (Å²) < 4.78 is 7.78. The van der Waals surface area contributed by atoms with Gasteiger partial charge >= 0.3 is 0 Å². The maximum atomic E-state index is 5.84. The monoisotopic (exact) mass is 371 g/mol. The molecule has 0 unspecified atom stereocenters. The van der Waals surface area contributed by atoms with Gasteiger partial charge in [-0.15, -0.1) is 0 Å². The molecule has 0 fully saturated rings. The van der Waals surface area contributed by atoms with Crippen LogP contribution in [0, 0.1) is 12.8 Å². The summed E-state index contributed by atoms with van der Waals surface area (Å²) in [5.41, 5.74) is 6.16. The molecule has 0 aliphatic carbocycles. The highest BCUT2D eigenvalue weighted by Gasteiger charge is 2.15. The van der Waals surface area contributed by atoms with Gasteiger partial charge in [-0.3, -0.25) is 0 Å². The Morgan fingerprint density at radius 1 is 0.929 bits per heavy atom. The van der Waals surface area contributed by atoms with Gasteiger partial charge in [0.1, 0.15) is 5.75 Å². The summed E-state index contributed by atoms with van der Waals surface area (Å²) in [5.74, 6) is 1.54. The van der Waals surface area contributed by atoms with Crippen LogP contribution in [0.5, 0.6) is 5.75 Å². The molecule has 4 rings (SSSR count). The van der Waals surface area contributed by atoms with Crippen molar-refractivity contribution >= 4 is 5.65 Å². The van der Waals surface area contributed by atoms with Crippen LogP contribution in [-0.4, -0.2) is 21.2 Å². The second-order valence-corrected chi connectivity index (χ2v) is 7.45. The van der Waals surface area contributed by atoms with Crippen LogP contribution >= 0.6 is 0 Å². The molecule has 0 atom stereocenters. The molecule has 0 N–H and O–H groups in total. The topological polar surface area (TPSA) is 39.4 Å². The summed E-state index contributed by atoms with van der Waals surface area (Å²) in [6.07, 6.45) is 2.91. The van der Waals surface area contributed by atoms with Gasteiger partial charge in [0.25, 0.3) is 0 Å². The van der Waals surface area contributed by atoms with Crippen LogP contribution in [0.2, 0.25) is 0 Å². The maximum Gasteiger partial charge on any atom is 0.163 e. The van der Waals surface area contributed by atoms with Crippen LogP contribution in [0.1, 0.15) is 26.0 Å². The summed E-state index contributed by atoms with van der Waals surface area (Å²) >= 11 is 0. The van der Waals surface area contributed by atoms with E-state index < -0.39 is 0 Å². The van der Waals surface area contributed by atoms with Gasteiger partial charge in [-0.25, -0.2) is 9.50 Å². The van der Waals surface area contributed by atoms with Gasteiger partial charge in [-0.2, -0.15) is 5.10 Å². The maximum absolute atomic E-state index is 5.84. The van der Waals surface area contributed by atoms with Gasteiger partial charge in [-0.05, 0) is 55.2 Å². The third-order valence-corrected chi connectivity index (χ3v) is 4.87. The molecule has 0 aliphatic heterocycles. The molecule has 28 heavy (non-hydrogen) atoms. The average Bonchev–Trinajstić information content (AvgIpc) is 3.05. The lowest BCUT2D eigenvalue weighted by Gasteiger charge is -2.09. The van der Waals surface area contributed by atoms with E-state index in [1.54, 1.807) is 0 Å². The van der Waals surface area contributed by atoms with Gasteiger partial charge in [0.2, 0.25) is 0 Å². The van der Waals surface area contributed by atoms with Crippen LogP contribution in [0.3, 0.4) is 0 Å². The molecule has 4 nitrogen and oxygen atoms in total. The molecule has 4 heteroatoms. The van der Waals surface area contributed by atoms with Crippen LogP contribution in [0.25, 0.3) is 28.0 Å². The van der Waals surface area contributed by atoms with E-state index in [4.69, 9.17) is 9.84 Å². The smallest absolute Gasteiger partial charge is 0.163 e. The first-order valence-corrected chi connectivity index (χ1v) is 9.76. The number of benzene rings is 2. The number of ether oxygens (including phenoxy) is 1. The third kappa shape index (κ3) is 3.63. The number of hydrogen-bond donors (Lipinski definition) is 0. The van der Waals surface area contributed by atoms with Crippen molar-refractivity contribution in [2.75, 3.05) is 6.61 Å². The SMILES string of the molecule is Cc1nn2c(-c3ccc(OCCC(C)C)cc3)ccnc2c1-c1ccccc1. The van der Waals surface area contributed by atoms with Gasteiger partial charge in [-0.1, -0.05) is 44.2 Å². The molecule has 142 valence electrons. The third-order valence-electron chi connectivity index (χ3n) is 4.87. The van der Waals surface area contributed by atoms with E-state index >= 15 is 0 Å². The van der Waals surface area contributed by atoms with E-state index in [1.807, 2.05) is 54.0 Å². The van der Waals surface area contributed by atoms with Crippen LogP contribution in [-0.2, 0) is 0 Å². The van der Waals surface area contributed by atoms with Crippen molar-refractivity contribution in [2.24, 2.45) is 5.92 Å². The number of aromatic nitrogens is 3. The molecule has 0 radical (unpaired) electrons. The molecule has 2 heterocycles. The largest absolute Gasteiger partial charge is 0.494 e. The van der Waals surface area contributed by atoms with Crippen molar-refractivity contribution in [2.45, 2.75) is 27.2 Å². The Kier molecular flexibility index (Phi) is 5.11. The fourth-order valence-electron chi connectivity index (χ4n) is 3.35. The van der Waals surface area contributed by atoms with E-state index in [0.29, 0.717) is 5.92 Å². The minimum absolute atomic E-state index is 0.645. The quantitative estimate of drug-likeness (QED) is 0.430. The summed E-state index contributed by atoms with van der Waals surface area (Å²) in [6.45, 7) is 7.19. The first kappa shape index (κ1) is 18.2. The Bertz CT molecular complexity index is 1070. The van der Waals surface area contributed by atoms with Crippen molar-refractivity contribution in [1.82, 2.24) is 14.6 Å². The molecule has 2 aromatic heterocycles. The fraction of sp³-hybridized carbons (Fsp3) is 0.250. The molecule has 0 amide bonds. The number of fused-ring (bicyclic) bond motifs is 1. The Hall–Kier alpha value is -3.14. The Balaban J connectivity index is 1.68. The first-order valence-electron chi connectivity index (χ1n) is 9.76. The number of aryl methyl sites for hydroxylation is 1. The van der Waals surface area contributed by atoms with Crippen LogP contribution < -0.4 is 4.74 Å². The molecule has 2 aromatic carbocycles. The number of rotatable bonds is 6. The molecule has 0 saturated carbocycles. The standard InChI is InChI=1S/C24H25N3O/c1-17(2)14-16-28-21-11-9-19(10-12-21)22-13-15-25-24-23(18(3)26-27(22)24)20-7-5-4-6-8-20/h4-13,15,17H,14,16H2,1-3H3. The van der Waals surface area contributed by atoms with Crippen LogP contribution in [0.4, 0.5) is 0 Å². The predicted molar refractivity (Wildman–Crippen MR) is 114 cm³/mol. The van der Waals surface area contributed by atoms with Gasteiger partial charge in [0, 0.05) is 17.3 Å². The lowest BCUT2D eigenvalue weighted by Crippen LogP contribution is -2.01. The minimum Gasteiger partial charge on any atom is -0.494 e. The summed E-state index contributed by atoms with van der Waals surface area (Å²) in [5, 5.41) is 4.78. The Morgan fingerprint density at radius 3 is 2.39 bits per heavy atom. The lowest BCUT2D eigenvalue weighted by atomic mass is 10.1. The molecule has 0 bridgehead atoms. The van der Waals surface area contributed by atoms with E-state index in [-0.39, 0.29) is 0 Å². The van der Waals surface area contributed by atoms with Crippen molar-refractivity contribution in [3.05, 3.63) is 72.6 Å². The minimum atomic E-state index is 0.645.